The fourth-order valence-corrected chi connectivity index (χ4v) is 4.25. The van der Waals surface area contributed by atoms with Crippen molar-refractivity contribution >= 4 is 23.9 Å². The van der Waals surface area contributed by atoms with Crippen molar-refractivity contribution < 1.29 is 28.7 Å². The van der Waals surface area contributed by atoms with E-state index >= 15 is 0 Å². The number of hydrogen-bond acceptors (Lipinski definition) is 6. The van der Waals surface area contributed by atoms with Gasteiger partial charge in [0.25, 0.3) is 5.91 Å². The first-order valence-electron chi connectivity index (χ1n) is 11.7. The fourth-order valence-electron chi connectivity index (χ4n) is 4.25. The Morgan fingerprint density at radius 2 is 2.11 bits per heavy atom. The van der Waals surface area contributed by atoms with Crippen LogP contribution in [-0.4, -0.2) is 59.0 Å². The summed E-state index contributed by atoms with van der Waals surface area (Å²) < 4.78 is 19.4. The summed E-state index contributed by atoms with van der Waals surface area (Å²) in [4.78, 5) is 36.8. The summed E-state index contributed by atoms with van der Waals surface area (Å²) in [6.07, 6.45) is 6.19. The van der Waals surface area contributed by atoms with Gasteiger partial charge in [-0.05, 0) is 49.1 Å². The molecule has 0 radical (unpaired) electrons. The second-order valence-corrected chi connectivity index (χ2v) is 8.58. The highest BCUT2D eigenvalue weighted by atomic mass is 19.1. The van der Waals surface area contributed by atoms with Gasteiger partial charge in [0.15, 0.2) is 6.29 Å². The smallest absolute Gasteiger partial charge is 0.413 e. The third-order valence-corrected chi connectivity index (χ3v) is 6.04. The third kappa shape index (κ3) is 6.84. The Hall–Kier alpha value is -3.34. The molecule has 1 aromatic carbocycles. The van der Waals surface area contributed by atoms with Crippen molar-refractivity contribution in [3.05, 3.63) is 65.6 Å². The maximum Gasteiger partial charge on any atom is 0.413 e. The maximum atomic E-state index is 14.0. The van der Waals surface area contributed by atoms with Crippen molar-refractivity contribution in [2.75, 3.05) is 24.6 Å². The first kappa shape index (κ1) is 24.8. The Labute approximate surface area is 203 Å². The van der Waals surface area contributed by atoms with E-state index in [0.717, 1.165) is 19.3 Å². The minimum Gasteiger partial charge on any atom is -0.465 e. The molecule has 186 valence electrons. The lowest BCUT2D eigenvalue weighted by molar-refractivity contribution is -0.198. The van der Waals surface area contributed by atoms with E-state index < -0.39 is 18.3 Å². The number of halogens is 1. The molecule has 10 heteroatoms. The summed E-state index contributed by atoms with van der Waals surface area (Å²) in [5, 5.41) is 9.84. The quantitative estimate of drug-likeness (QED) is 0.436. The van der Waals surface area contributed by atoms with Crippen molar-refractivity contribution in [1.82, 2.24) is 15.4 Å². The van der Waals surface area contributed by atoms with Crippen LogP contribution in [0.15, 0.2) is 48.7 Å². The van der Waals surface area contributed by atoms with Crippen molar-refractivity contribution in [2.45, 2.75) is 44.6 Å². The van der Waals surface area contributed by atoms with Gasteiger partial charge in [-0.25, -0.2) is 24.5 Å². The molecule has 1 unspecified atom stereocenters. The Bertz CT molecular complexity index is 1040. The van der Waals surface area contributed by atoms with Crippen LogP contribution >= 0.6 is 0 Å². The molecule has 0 aliphatic carbocycles. The van der Waals surface area contributed by atoms with E-state index in [0.29, 0.717) is 49.6 Å². The topological polar surface area (TPSA) is 104 Å². The van der Waals surface area contributed by atoms with Crippen LogP contribution in [0.25, 0.3) is 6.08 Å². The van der Waals surface area contributed by atoms with E-state index in [-0.39, 0.29) is 11.9 Å². The van der Waals surface area contributed by atoms with Crippen LogP contribution in [0.3, 0.4) is 0 Å². The van der Waals surface area contributed by atoms with Gasteiger partial charge in [0.2, 0.25) is 0 Å². The molecular weight excluding hydrogens is 455 g/mol. The molecule has 35 heavy (non-hydrogen) atoms. The second-order valence-electron chi connectivity index (χ2n) is 8.58. The minimum absolute atomic E-state index is 0.265. The summed E-state index contributed by atoms with van der Waals surface area (Å²) in [5.41, 5.74) is 3.57. The van der Waals surface area contributed by atoms with Gasteiger partial charge in [-0.3, -0.25) is 14.6 Å². The fraction of sp³-hybridized carbons (Fsp3) is 0.400. The van der Waals surface area contributed by atoms with Gasteiger partial charge in [-0.1, -0.05) is 18.2 Å². The molecule has 4 rings (SSSR count). The van der Waals surface area contributed by atoms with E-state index in [9.17, 15) is 19.1 Å². The first-order chi connectivity index (χ1) is 17.0. The average molecular weight is 485 g/mol. The van der Waals surface area contributed by atoms with Crippen molar-refractivity contribution in [3.63, 3.8) is 0 Å². The molecule has 2 amide bonds. The summed E-state index contributed by atoms with van der Waals surface area (Å²) in [6.45, 7) is 2.18. The summed E-state index contributed by atoms with van der Waals surface area (Å²) in [6, 6.07) is 9.61. The van der Waals surface area contributed by atoms with Gasteiger partial charge in [-0.15, -0.1) is 0 Å². The Morgan fingerprint density at radius 3 is 2.83 bits per heavy atom. The highest BCUT2D eigenvalue weighted by Gasteiger charge is 2.32. The molecule has 2 aliphatic heterocycles. The van der Waals surface area contributed by atoms with Crippen LogP contribution in [0.4, 0.5) is 15.0 Å². The number of hydrogen-bond donors (Lipinski definition) is 2. The zero-order valence-corrected chi connectivity index (χ0v) is 19.3. The number of ether oxygens (including phenoxy) is 1. The number of anilines is 1. The second kappa shape index (κ2) is 11.9. The lowest BCUT2D eigenvalue weighted by atomic mass is 10.2. The molecule has 0 spiro atoms. The maximum absolute atomic E-state index is 14.0. The Morgan fingerprint density at radius 1 is 1.26 bits per heavy atom. The number of nitrogens with one attached hydrogen (secondary N) is 1. The number of amides is 2. The number of carboxylic acid groups (broad SMARTS) is 1. The number of carbonyl (C=O) groups excluding carboxylic acids is 1. The number of pyridine rings is 1. The summed E-state index contributed by atoms with van der Waals surface area (Å²) >= 11 is 0. The molecular formula is C25H29FN4O5. The number of rotatable bonds is 8. The number of benzene rings is 1. The highest BCUT2D eigenvalue weighted by molar-refractivity contribution is 5.91. The molecule has 1 aromatic heterocycles. The molecule has 2 saturated heterocycles. The van der Waals surface area contributed by atoms with Crippen molar-refractivity contribution in [1.29, 1.82) is 0 Å². The van der Waals surface area contributed by atoms with Crippen molar-refractivity contribution in [2.24, 2.45) is 0 Å². The van der Waals surface area contributed by atoms with E-state index in [4.69, 9.17) is 9.57 Å². The first-order valence-corrected chi connectivity index (χ1v) is 11.7. The lowest BCUT2D eigenvalue weighted by Crippen LogP contribution is -2.41. The standard InChI is InChI=1S/C25H29FN4O5/c26-21-6-2-1-5-19(21)16-29-13-12-20(17-29)30(25(32)33)22-10-8-18(15-27-22)9-11-23(31)28-35-24-7-3-4-14-34-24/h1-2,5-6,8-11,15,20,24H,3-4,7,12-14,16-17H2,(H,28,31)(H,32,33)/t20-,24?/m1/s1. The minimum atomic E-state index is -1.10. The van der Waals surface area contributed by atoms with Gasteiger partial charge >= 0.3 is 6.09 Å². The molecule has 0 bridgehead atoms. The molecule has 2 aliphatic rings. The van der Waals surface area contributed by atoms with Gasteiger partial charge in [0, 0.05) is 50.5 Å². The molecule has 2 aromatic rings. The normalized spacial score (nSPS) is 20.7. The molecule has 2 fully saturated rings. The number of hydroxylamine groups is 1. The van der Waals surface area contributed by atoms with Gasteiger partial charge in [0.05, 0.1) is 6.04 Å². The SMILES string of the molecule is O=C(C=Cc1ccc(N(C(=O)O)[C@@H]2CCN(Cc3ccccc3F)C2)nc1)NOC1CCCCO1. The van der Waals surface area contributed by atoms with Gasteiger partial charge < -0.3 is 9.84 Å². The van der Waals surface area contributed by atoms with Crippen LogP contribution in [0.2, 0.25) is 0 Å². The summed E-state index contributed by atoms with van der Waals surface area (Å²) in [7, 11) is 0. The molecule has 2 N–H and O–H groups in total. The zero-order chi connectivity index (χ0) is 24.6. The van der Waals surface area contributed by atoms with Gasteiger partial charge in [-0.2, -0.15) is 0 Å². The van der Waals surface area contributed by atoms with E-state index in [1.807, 2.05) is 4.90 Å². The number of carbonyl (C=O) groups is 2. The Balaban J connectivity index is 1.32. The largest absolute Gasteiger partial charge is 0.465 e. The predicted molar refractivity (Wildman–Crippen MR) is 127 cm³/mol. The van der Waals surface area contributed by atoms with E-state index in [1.54, 1.807) is 36.4 Å². The Kier molecular flexibility index (Phi) is 8.40. The van der Waals surface area contributed by atoms with Crippen LogP contribution < -0.4 is 10.4 Å². The highest BCUT2D eigenvalue weighted by Crippen LogP contribution is 2.24. The lowest BCUT2D eigenvalue weighted by Gasteiger charge is -2.25. The van der Waals surface area contributed by atoms with E-state index in [1.165, 1.54) is 23.2 Å². The summed E-state index contributed by atoms with van der Waals surface area (Å²) in [5.74, 6) is -0.398. The number of aromatic nitrogens is 1. The average Bonchev–Trinajstić information content (AvgIpc) is 3.32. The molecule has 0 saturated carbocycles. The van der Waals surface area contributed by atoms with E-state index in [2.05, 4.69) is 10.5 Å². The predicted octanol–water partition coefficient (Wildman–Crippen LogP) is 3.57. The molecule has 2 atom stereocenters. The third-order valence-electron chi connectivity index (χ3n) is 6.04. The van der Waals surface area contributed by atoms with Gasteiger partial charge in [0.1, 0.15) is 11.6 Å². The monoisotopic (exact) mass is 484 g/mol. The molecule has 3 heterocycles. The number of nitrogens with zero attached hydrogens (tertiary/aromatic N) is 3. The van der Waals surface area contributed by atoms with Crippen molar-refractivity contribution in [3.8, 4) is 0 Å². The van der Waals surface area contributed by atoms with Crippen LogP contribution in [-0.2, 0) is 20.9 Å². The zero-order valence-electron chi connectivity index (χ0n) is 19.3. The van der Waals surface area contributed by atoms with Crippen LogP contribution in [0.5, 0.6) is 0 Å². The number of likely N-dealkylation sites (tertiary alicyclic amines) is 1. The molecule has 9 nitrogen and oxygen atoms in total. The van der Waals surface area contributed by atoms with Crippen LogP contribution in [0.1, 0.15) is 36.8 Å². The van der Waals surface area contributed by atoms with Crippen LogP contribution in [0, 0.1) is 5.82 Å².